The van der Waals surface area contributed by atoms with Crippen LogP contribution in [-0.2, 0) is 14.8 Å². The Morgan fingerprint density at radius 2 is 1.82 bits per heavy atom. The van der Waals surface area contributed by atoms with Gasteiger partial charge < -0.3 is 9.64 Å². The molecule has 0 unspecified atom stereocenters. The maximum absolute atomic E-state index is 12.4. The van der Waals surface area contributed by atoms with Gasteiger partial charge in [0, 0.05) is 26.2 Å². The molecule has 22 heavy (non-hydrogen) atoms. The van der Waals surface area contributed by atoms with E-state index in [0.29, 0.717) is 22.8 Å². The molecule has 0 N–H and O–H groups in total. The first-order valence-electron chi connectivity index (χ1n) is 6.40. The van der Waals surface area contributed by atoms with Crippen LogP contribution < -0.4 is 0 Å². The number of methoxy groups -OCH3 is 1. The molecular formula is C12H15BrN2O5S2. The van der Waals surface area contributed by atoms with Gasteiger partial charge in [-0.15, -0.1) is 11.3 Å². The molecule has 0 radical (unpaired) electrons. The fraction of sp³-hybridized carbons (Fsp3) is 0.500. The minimum atomic E-state index is -3.29. The lowest BCUT2D eigenvalue weighted by Crippen LogP contribution is -2.50. The Morgan fingerprint density at radius 1 is 1.23 bits per heavy atom. The lowest BCUT2D eigenvalue weighted by molar-refractivity contribution is 0.0606. The summed E-state index contributed by atoms with van der Waals surface area (Å²) in [7, 11) is -2.01. The number of hydrogen-bond acceptors (Lipinski definition) is 6. The number of amides is 1. The monoisotopic (exact) mass is 410 g/mol. The number of thiophene rings is 1. The summed E-state index contributed by atoms with van der Waals surface area (Å²) >= 11 is 4.03. The summed E-state index contributed by atoms with van der Waals surface area (Å²) in [6.45, 7) is 1.21. The first kappa shape index (κ1) is 17.4. The Labute approximate surface area is 141 Å². The number of sulfonamides is 1. The van der Waals surface area contributed by atoms with E-state index in [-0.39, 0.29) is 23.7 Å². The summed E-state index contributed by atoms with van der Waals surface area (Å²) in [6.07, 6.45) is 0. The van der Waals surface area contributed by atoms with Crippen LogP contribution in [0.1, 0.15) is 19.3 Å². The summed E-state index contributed by atoms with van der Waals surface area (Å²) in [5, 5.41) is 0. The number of ether oxygens (including phenoxy) is 1. The molecule has 1 aromatic rings. The zero-order chi connectivity index (χ0) is 16.3. The van der Waals surface area contributed by atoms with Crippen LogP contribution in [0.15, 0.2) is 12.1 Å². The second kappa shape index (κ2) is 7.07. The Morgan fingerprint density at radius 3 is 2.36 bits per heavy atom. The predicted octanol–water partition coefficient (Wildman–Crippen LogP) is 0.975. The molecular weight excluding hydrogens is 396 g/mol. The Balaban J connectivity index is 2.01. The van der Waals surface area contributed by atoms with Gasteiger partial charge in [0.1, 0.15) is 9.54 Å². The van der Waals surface area contributed by atoms with Gasteiger partial charge in [-0.25, -0.2) is 13.2 Å². The van der Waals surface area contributed by atoms with Crippen LogP contribution >= 0.6 is 27.3 Å². The van der Waals surface area contributed by atoms with Crippen LogP contribution in [0.25, 0.3) is 0 Å². The first-order chi connectivity index (χ1) is 10.4. The number of nitrogens with zero attached hydrogens (tertiary/aromatic N) is 2. The third-order valence-corrected chi connectivity index (χ3v) is 7.48. The van der Waals surface area contributed by atoms with Crippen molar-refractivity contribution in [2.45, 2.75) is 0 Å². The van der Waals surface area contributed by atoms with Crippen LogP contribution in [0.4, 0.5) is 0 Å². The topological polar surface area (TPSA) is 84.0 Å². The molecule has 2 rings (SSSR count). The van der Waals surface area contributed by atoms with E-state index in [1.54, 1.807) is 17.0 Å². The molecule has 1 aliphatic heterocycles. The smallest absolute Gasteiger partial charge is 0.348 e. The van der Waals surface area contributed by atoms with E-state index in [1.807, 2.05) is 0 Å². The molecule has 122 valence electrons. The van der Waals surface area contributed by atoms with Crippen molar-refractivity contribution in [1.29, 1.82) is 0 Å². The predicted molar refractivity (Wildman–Crippen MR) is 85.8 cm³/mol. The van der Waals surface area contributed by atoms with Gasteiger partial charge in [-0.3, -0.25) is 4.79 Å². The highest BCUT2D eigenvalue weighted by Crippen LogP contribution is 2.20. The van der Waals surface area contributed by atoms with Crippen molar-refractivity contribution in [2.75, 3.05) is 38.0 Å². The van der Waals surface area contributed by atoms with Crippen molar-refractivity contribution in [2.24, 2.45) is 0 Å². The zero-order valence-electron chi connectivity index (χ0n) is 11.8. The lowest BCUT2D eigenvalue weighted by atomic mass is 10.3. The Hall–Kier alpha value is -0.970. The van der Waals surface area contributed by atoms with Gasteiger partial charge in [0.15, 0.2) is 0 Å². The minimum Gasteiger partial charge on any atom is -0.465 e. The molecule has 0 bridgehead atoms. The third-order valence-electron chi connectivity index (χ3n) is 3.26. The summed E-state index contributed by atoms with van der Waals surface area (Å²) in [4.78, 5) is 26.2. The summed E-state index contributed by atoms with van der Waals surface area (Å²) < 4.78 is 29.3. The number of carbonyl (C=O) groups excluding carboxylic acids is 2. The van der Waals surface area contributed by atoms with Crippen LogP contribution in [0, 0.1) is 0 Å². The highest BCUT2D eigenvalue weighted by Gasteiger charge is 2.29. The Bertz CT molecular complexity index is 665. The molecule has 0 saturated carbocycles. The Kier molecular flexibility index (Phi) is 5.59. The lowest BCUT2D eigenvalue weighted by Gasteiger charge is -2.33. The highest BCUT2D eigenvalue weighted by atomic mass is 79.9. The van der Waals surface area contributed by atoms with Gasteiger partial charge in [-0.05, 0) is 12.1 Å². The number of hydrogen-bond donors (Lipinski definition) is 0. The summed E-state index contributed by atoms with van der Waals surface area (Å²) in [5.74, 6) is -0.673. The van der Waals surface area contributed by atoms with Crippen LogP contribution in [-0.4, -0.2) is 67.5 Å². The first-order valence-corrected chi connectivity index (χ1v) is 9.95. The van der Waals surface area contributed by atoms with E-state index in [0.717, 1.165) is 11.3 Å². The number of esters is 1. The van der Waals surface area contributed by atoms with E-state index < -0.39 is 16.0 Å². The maximum Gasteiger partial charge on any atom is 0.348 e. The second-order valence-electron chi connectivity index (χ2n) is 4.57. The molecule has 0 aliphatic carbocycles. The molecule has 1 amide bonds. The van der Waals surface area contributed by atoms with Gasteiger partial charge in [0.2, 0.25) is 10.0 Å². The molecule has 0 aromatic carbocycles. The molecule has 1 fully saturated rings. The molecule has 10 heteroatoms. The maximum atomic E-state index is 12.4. The van der Waals surface area contributed by atoms with Gasteiger partial charge >= 0.3 is 5.97 Å². The third kappa shape index (κ3) is 3.67. The standard InChI is InChI=1S/C12H15BrN2O5S2/c1-20-12(17)10-3-2-9(21-10)11(16)14-4-6-15(7-5-14)22(18,19)8-13/h2-3H,4-8H2,1H3. The average Bonchev–Trinajstić information content (AvgIpc) is 3.03. The van der Waals surface area contributed by atoms with Gasteiger partial charge in [0.25, 0.3) is 5.91 Å². The number of halogens is 1. The van der Waals surface area contributed by atoms with Crippen molar-refractivity contribution in [3.63, 3.8) is 0 Å². The van der Waals surface area contributed by atoms with Crippen molar-refractivity contribution in [1.82, 2.24) is 9.21 Å². The quantitative estimate of drug-likeness (QED) is 0.545. The fourth-order valence-electron chi connectivity index (χ4n) is 2.06. The normalized spacial score (nSPS) is 16.5. The minimum absolute atomic E-state index is 0.124. The molecule has 2 heterocycles. The average molecular weight is 411 g/mol. The number of piperazine rings is 1. The number of rotatable bonds is 4. The molecule has 7 nitrogen and oxygen atoms in total. The number of carbonyl (C=O) groups is 2. The second-order valence-corrected chi connectivity index (χ2v) is 8.92. The highest BCUT2D eigenvalue weighted by molar-refractivity contribution is 9.10. The van der Waals surface area contributed by atoms with Gasteiger partial charge in [0.05, 0.1) is 12.0 Å². The van der Waals surface area contributed by atoms with Crippen LogP contribution in [0.5, 0.6) is 0 Å². The fourth-order valence-corrected chi connectivity index (χ4v) is 4.68. The van der Waals surface area contributed by atoms with Crippen molar-refractivity contribution in [3.8, 4) is 0 Å². The van der Waals surface area contributed by atoms with E-state index in [1.165, 1.54) is 11.4 Å². The largest absolute Gasteiger partial charge is 0.465 e. The molecule has 0 spiro atoms. The SMILES string of the molecule is COC(=O)c1ccc(C(=O)N2CCN(S(=O)(=O)CBr)CC2)s1. The van der Waals surface area contributed by atoms with Gasteiger partial charge in [-0.1, -0.05) is 15.9 Å². The van der Waals surface area contributed by atoms with Crippen LogP contribution in [0.2, 0.25) is 0 Å². The van der Waals surface area contributed by atoms with E-state index in [4.69, 9.17) is 0 Å². The van der Waals surface area contributed by atoms with Crippen molar-refractivity contribution in [3.05, 3.63) is 21.9 Å². The molecule has 1 aromatic heterocycles. The van der Waals surface area contributed by atoms with Crippen molar-refractivity contribution < 1.29 is 22.7 Å². The van der Waals surface area contributed by atoms with E-state index in [2.05, 4.69) is 20.7 Å². The molecule has 1 aliphatic rings. The summed E-state index contributed by atoms with van der Waals surface area (Å²) in [5.41, 5.74) is 0. The van der Waals surface area contributed by atoms with E-state index in [9.17, 15) is 18.0 Å². The molecule has 1 saturated heterocycles. The van der Waals surface area contributed by atoms with Gasteiger partial charge in [-0.2, -0.15) is 4.31 Å². The summed E-state index contributed by atoms with van der Waals surface area (Å²) in [6, 6.07) is 3.14. The van der Waals surface area contributed by atoms with E-state index >= 15 is 0 Å². The number of alkyl halides is 1. The zero-order valence-corrected chi connectivity index (χ0v) is 15.0. The van der Waals surface area contributed by atoms with Crippen molar-refractivity contribution >= 4 is 49.2 Å². The molecule has 0 atom stereocenters. The van der Waals surface area contributed by atoms with Crippen LogP contribution in [0.3, 0.4) is 0 Å².